The van der Waals surface area contributed by atoms with Crippen molar-refractivity contribution in [2.45, 2.75) is 6.54 Å². The van der Waals surface area contributed by atoms with E-state index in [0.717, 1.165) is 16.3 Å². The Balaban J connectivity index is 2.08. The second-order valence-corrected chi connectivity index (χ2v) is 5.23. The van der Waals surface area contributed by atoms with Crippen molar-refractivity contribution in [3.05, 3.63) is 63.5 Å². The van der Waals surface area contributed by atoms with Crippen LogP contribution in [0.1, 0.15) is 21.6 Å². The molecule has 2 heterocycles. The molecule has 1 aromatic heterocycles. The highest BCUT2D eigenvalue weighted by Crippen LogP contribution is 2.27. The van der Waals surface area contributed by atoms with Crippen LogP contribution in [0.2, 0.25) is 10.0 Å². The first-order valence-corrected chi connectivity index (χ1v) is 6.66. The zero-order valence-electron chi connectivity index (χ0n) is 10.3. The van der Waals surface area contributed by atoms with Gasteiger partial charge in [0.2, 0.25) is 0 Å². The Hall–Kier alpha value is -1.75. The summed E-state index contributed by atoms with van der Waals surface area (Å²) in [5.74, 6) is -0.294. The molecule has 0 bridgehead atoms. The normalized spacial score (nSPS) is 13.4. The highest BCUT2D eigenvalue weighted by Gasteiger charge is 2.21. The standard InChI is InChI=1S/C14H10Cl2N2O2/c15-10-2-1-3-11(16)13(10)14(19)18-7-4-9-8-17(20)6-5-12(9)18/h1-7,20H,8H2. The first-order chi connectivity index (χ1) is 9.58. The van der Waals surface area contributed by atoms with Crippen LogP contribution >= 0.6 is 23.2 Å². The Kier molecular flexibility index (Phi) is 3.30. The minimum atomic E-state index is -0.294. The number of aromatic nitrogens is 1. The van der Waals surface area contributed by atoms with Gasteiger partial charge in [-0.3, -0.25) is 19.6 Å². The van der Waals surface area contributed by atoms with Gasteiger partial charge in [-0.1, -0.05) is 29.3 Å². The molecule has 20 heavy (non-hydrogen) atoms. The lowest BCUT2D eigenvalue weighted by atomic mass is 10.1. The van der Waals surface area contributed by atoms with Crippen molar-refractivity contribution in [3.63, 3.8) is 0 Å². The summed E-state index contributed by atoms with van der Waals surface area (Å²) in [4.78, 5) is 12.6. The van der Waals surface area contributed by atoms with Crippen LogP contribution in [0, 0.1) is 0 Å². The molecule has 1 N–H and O–H groups in total. The summed E-state index contributed by atoms with van der Waals surface area (Å²) in [6, 6.07) is 6.73. The summed E-state index contributed by atoms with van der Waals surface area (Å²) in [5.41, 5.74) is 1.84. The number of hydroxylamine groups is 2. The van der Waals surface area contributed by atoms with E-state index < -0.39 is 0 Å². The molecule has 0 radical (unpaired) electrons. The van der Waals surface area contributed by atoms with Gasteiger partial charge in [0.25, 0.3) is 5.91 Å². The largest absolute Gasteiger partial charge is 0.289 e. The van der Waals surface area contributed by atoms with E-state index in [1.165, 1.54) is 10.8 Å². The van der Waals surface area contributed by atoms with Crippen molar-refractivity contribution in [2.75, 3.05) is 0 Å². The van der Waals surface area contributed by atoms with Gasteiger partial charge >= 0.3 is 0 Å². The number of carbonyl (C=O) groups is 1. The second-order valence-electron chi connectivity index (χ2n) is 4.41. The van der Waals surface area contributed by atoms with E-state index in [-0.39, 0.29) is 11.5 Å². The Morgan fingerprint density at radius 2 is 1.90 bits per heavy atom. The molecule has 0 unspecified atom stereocenters. The van der Waals surface area contributed by atoms with Gasteiger partial charge in [0, 0.05) is 12.4 Å². The Bertz CT molecular complexity index is 702. The first-order valence-electron chi connectivity index (χ1n) is 5.90. The third-order valence-corrected chi connectivity index (χ3v) is 3.78. The van der Waals surface area contributed by atoms with Crippen molar-refractivity contribution >= 4 is 35.2 Å². The molecule has 3 rings (SSSR count). The molecule has 0 fully saturated rings. The van der Waals surface area contributed by atoms with Crippen LogP contribution in [0.25, 0.3) is 6.08 Å². The average molecular weight is 309 g/mol. The fourth-order valence-corrected chi connectivity index (χ4v) is 2.75. The minimum Gasteiger partial charge on any atom is -0.289 e. The summed E-state index contributed by atoms with van der Waals surface area (Å²) in [6.07, 6.45) is 4.82. The van der Waals surface area contributed by atoms with Gasteiger partial charge in [-0.15, -0.1) is 0 Å². The molecule has 0 aliphatic carbocycles. The Labute approximate surface area is 125 Å². The molecule has 102 valence electrons. The molecule has 1 aromatic carbocycles. The number of benzene rings is 1. The number of hydrogen-bond donors (Lipinski definition) is 1. The van der Waals surface area contributed by atoms with Gasteiger partial charge in [0.05, 0.1) is 27.8 Å². The first kappa shape index (κ1) is 13.2. The molecular weight excluding hydrogens is 299 g/mol. The molecule has 0 saturated carbocycles. The van der Waals surface area contributed by atoms with Gasteiger partial charge in [0.15, 0.2) is 0 Å². The van der Waals surface area contributed by atoms with Gasteiger partial charge in [-0.25, -0.2) is 0 Å². The van der Waals surface area contributed by atoms with E-state index in [0.29, 0.717) is 16.6 Å². The zero-order chi connectivity index (χ0) is 14.3. The number of halogens is 2. The van der Waals surface area contributed by atoms with Crippen LogP contribution in [-0.2, 0) is 6.54 Å². The van der Waals surface area contributed by atoms with Crippen LogP contribution in [0.15, 0.2) is 36.7 Å². The number of hydrogen-bond acceptors (Lipinski definition) is 3. The Morgan fingerprint density at radius 1 is 1.20 bits per heavy atom. The van der Waals surface area contributed by atoms with Crippen LogP contribution in [0.4, 0.5) is 0 Å². The molecular formula is C14H10Cl2N2O2. The van der Waals surface area contributed by atoms with E-state index in [2.05, 4.69) is 0 Å². The van der Waals surface area contributed by atoms with Crippen molar-refractivity contribution < 1.29 is 10.0 Å². The topological polar surface area (TPSA) is 45.5 Å². The molecule has 4 nitrogen and oxygen atoms in total. The highest BCUT2D eigenvalue weighted by atomic mass is 35.5. The maximum Gasteiger partial charge on any atom is 0.265 e. The zero-order valence-corrected chi connectivity index (χ0v) is 11.8. The minimum absolute atomic E-state index is 0.272. The van der Waals surface area contributed by atoms with E-state index in [9.17, 15) is 10.0 Å². The van der Waals surface area contributed by atoms with Crippen LogP contribution in [0.5, 0.6) is 0 Å². The van der Waals surface area contributed by atoms with Gasteiger partial charge < -0.3 is 0 Å². The monoisotopic (exact) mass is 308 g/mol. The molecule has 1 aliphatic heterocycles. The van der Waals surface area contributed by atoms with E-state index in [4.69, 9.17) is 23.2 Å². The number of carbonyl (C=O) groups excluding carboxylic acids is 1. The molecule has 0 amide bonds. The van der Waals surface area contributed by atoms with Crippen LogP contribution in [-0.4, -0.2) is 20.7 Å². The fraction of sp³-hybridized carbons (Fsp3) is 0.0714. The van der Waals surface area contributed by atoms with Gasteiger partial charge in [-0.2, -0.15) is 0 Å². The number of fused-ring (bicyclic) bond motifs is 1. The van der Waals surface area contributed by atoms with E-state index in [1.807, 2.05) is 0 Å². The van der Waals surface area contributed by atoms with Crippen LogP contribution < -0.4 is 0 Å². The third kappa shape index (κ3) is 2.12. The maximum atomic E-state index is 12.6. The van der Waals surface area contributed by atoms with Gasteiger partial charge in [0.1, 0.15) is 0 Å². The molecule has 1 aliphatic rings. The lowest BCUT2D eigenvalue weighted by molar-refractivity contribution is -0.0495. The average Bonchev–Trinajstić information content (AvgIpc) is 2.81. The molecule has 2 aromatic rings. The van der Waals surface area contributed by atoms with E-state index in [1.54, 1.807) is 36.5 Å². The number of rotatable bonds is 1. The quantitative estimate of drug-likeness (QED) is 0.874. The summed E-state index contributed by atoms with van der Waals surface area (Å²) in [5, 5.41) is 11.1. The van der Waals surface area contributed by atoms with Gasteiger partial charge in [-0.05, 0) is 29.8 Å². The van der Waals surface area contributed by atoms with Crippen molar-refractivity contribution in [1.29, 1.82) is 0 Å². The fourth-order valence-electron chi connectivity index (χ4n) is 2.19. The molecule has 6 heteroatoms. The maximum absolute atomic E-state index is 12.6. The summed E-state index contributed by atoms with van der Waals surface area (Å²) < 4.78 is 1.48. The lowest BCUT2D eigenvalue weighted by Gasteiger charge is -2.17. The van der Waals surface area contributed by atoms with Crippen molar-refractivity contribution in [1.82, 2.24) is 9.63 Å². The van der Waals surface area contributed by atoms with Crippen molar-refractivity contribution in [3.8, 4) is 0 Å². The van der Waals surface area contributed by atoms with Crippen LogP contribution in [0.3, 0.4) is 0 Å². The predicted octanol–water partition coefficient (Wildman–Crippen LogP) is 3.66. The summed E-state index contributed by atoms with van der Waals surface area (Å²) >= 11 is 12.1. The highest BCUT2D eigenvalue weighted by molar-refractivity contribution is 6.39. The smallest absolute Gasteiger partial charge is 0.265 e. The number of nitrogens with zero attached hydrogens (tertiary/aromatic N) is 2. The predicted molar refractivity (Wildman–Crippen MR) is 77.0 cm³/mol. The second kappa shape index (κ2) is 4.98. The molecule has 0 saturated heterocycles. The molecule has 0 atom stereocenters. The SMILES string of the molecule is O=C(c1c(Cl)cccc1Cl)n1ccc2c1C=CN(O)C2. The molecule has 0 spiro atoms. The van der Waals surface area contributed by atoms with Crippen molar-refractivity contribution in [2.24, 2.45) is 0 Å². The summed E-state index contributed by atoms with van der Waals surface area (Å²) in [7, 11) is 0. The van der Waals surface area contributed by atoms with E-state index >= 15 is 0 Å². The summed E-state index contributed by atoms with van der Waals surface area (Å²) in [6.45, 7) is 0.336. The Morgan fingerprint density at radius 3 is 2.60 bits per heavy atom. The lowest BCUT2D eigenvalue weighted by Crippen LogP contribution is -2.19. The third-order valence-electron chi connectivity index (χ3n) is 3.15.